The van der Waals surface area contributed by atoms with Crippen molar-refractivity contribution in [2.75, 3.05) is 26.2 Å². The molecule has 1 unspecified atom stereocenters. The summed E-state index contributed by atoms with van der Waals surface area (Å²) in [5, 5.41) is 10.5. The summed E-state index contributed by atoms with van der Waals surface area (Å²) in [7, 11) is 0. The molecule has 0 saturated carbocycles. The van der Waals surface area contributed by atoms with Crippen molar-refractivity contribution in [2.24, 2.45) is 11.7 Å². The van der Waals surface area contributed by atoms with Crippen molar-refractivity contribution in [2.45, 2.75) is 58.0 Å². The second kappa shape index (κ2) is 13.7. The first-order chi connectivity index (χ1) is 17.9. The number of nitrogens with one attached hydrogen (secondary N) is 3. The van der Waals surface area contributed by atoms with Crippen molar-refractivity contribution in [1.82, 2.24) is 20.9 Å². The van der Waals surface area contributed by atoms with Gasteiger partial charge in [-0.3, -0.25) is 19.2 Å². The van der Waals surface area contributed by atoms with Gasteiger partial charge in [-0.05, 0) is 42.0 Å². The number of carbonyl (C=O) groups excluding carboxylic acids is 4. The molecular formula is C28H39N5O4. The highest BCUT2D eigenvalue weighted by molar-refractivity contribution is 5.93. The van der Waals surface area contributed by atoms with Gasteiger partial charge >= 0.3 is 0 Å². The predicted molar refractivity (Wildman–Crippen MR) is 143 cm³/mol. The number of hydrogen-bond acceptors (Lipinski definition) is 5. The van der Waals surface area contributed by atoms with Gasteiger partial charge in [-0.15, -0.1) is 0 Å². The van der Waals surface area contributed by atoms with Crippen LogP contribution in [0.1, 0.15) is 45.1 Å². The zero-order valence-corrected chi connectivity index (χ0v) is 21.8. The highest BCUT2D eigenvalue weighted by Gasteiger charge is 2.37. The van der Waals surface area contributed by atoms with E-state index >= 15 is 0 Å². The molecule has 37 heavy (non-hydrogen) atoms. The van der Waals surface area contributed by atoms with Crippen LogP contribution in [0.5, 0.6) is 0 Å². The zero-order chi connectivity index (χ0) is 26.8. The standard InChI is InChI=1S/C28H39N5O4/c1-3-20(4-2)28(37)33-15-7-10-24(33)27(36)32-23(26(35)31-14-13-30-25(34)18-29)17-19-11-12-21-8-5-6-9-22(21)16-19/h5-6,8-9,11-12,16,20,23-24H,3-4,7,10,13-15,17-18,29H2,1-2H3,(H,30,34)(H,31,35)(H,32,36)/t23-,24?/m1/s1. The van der Waals surface area contributed by atoms with Gasteiger partial charge in [-0.2, -0.15) is 0 Å². The monoisotopic (exact) mass is 509 g/mol. The molecule has 0 spiro atoms. The summed E-state index contributed by atoms with van der Waals surface area (Å²) in [5.41, 5.74) is 6.21. The van der Waals surface area contributed by atoms with Crippen molar-refractivity contribution in [3.8, 4) is 0 Å². The molecule has 0 bridgehead atoms. The molecule has 5 N–H and O–H groups in total. The van der Waals surface area contributed by atoms with E-state index < -0.39 is 12.1 Å². The van der Waals surface area contributed by atoms with Gasteiger partial charge in [-0.1, -0.05) is 56.3 Å². The highest BCUT2D eigenvalue weighted by Crippen LogP contribution is 2.23. The first kappa shape index (κ1) is 28.1. The Kier molecular flexibility index (Phi) is 10.4. The molecule has 0 aromatic heterocycles. The van der Waals surface area contributed by atoms with E-state index in [9.17, 15) is 19.2 Å². The van der Waals surface area contributed by atoms with E-state index in [1.807, 2.05) is 56.3 Å². The van der Waals surface area contributed by atoms with Crippen molar-refractivity contribution >= 4 is 34.4 Å². The van der Waals surface area contributed by atoms with Crippen molar-refractivity contribution in [1.29, 1.82) is 0 Å². The Labute approximate surface area is 218 Å². The van der Waals surface area contributed by atoms with Gasteiger partial charge in [-0.25, -0.2) is 0 Å². The van der Waals surface area contributed by atoms with E-state index in [1.165, 1.54) is 0 Å². The van der Waals surface area contributed by atoms with Crippen LogP contribution in [0.3, 0.4) is 0 Å². The fraction of sp³-hybridized carbons (Fsp3) is 0.500. The lowest BCUT2D eigenvalue weighted by molar-refractivity contribution is -0.142. The average molecular weight is 510 g/mol. The van der Waals surface area contributed by atoms with Crippen LogP contribution in [-0.2, 0) is 25.6 Å². The number of rotatable bonds is 12. The lowest BCUT2D eigenvalue weighted by Crippen LogP contribution is -2.55. The van der Waals surface area contributed by atoms with Gasteiger partial charge in [0.2, 0.25) is 23.6 Å². The lowest BCUT2D eigenvalue weighted by atomic mass is 10.00. The number of fused-ring (bicyclic) bond motifs is 1. The van der Waals surface area contributed by atoms with E-state index in [0.717, 1.165) is 35.6 Å². The highest BCUT2D eigenvalue weighted by atomic mass is 16.2. The van der Waals surface area contributed by atoms with Gasteiger partial charge < -0.3 is 26.6 Å². The van der Waals surface area contributed by atoms with Crippen LogP contribution in [0.25, 0.3) is 10.8 Å². The third-order valence-corrected chi connectivity index (χ3v) is 6.99. The van der Waals surface area contributed by atoms with Crippen molar-refractivity contribution in [3.05, 3.63) is 48.0 Å². The molecule has 1 fully saturated rings. The number of nitrogens with two attached hydrogens (primary N) is 1. The molecule has 2 aromatic carbocycles. The molecule has 1 aliphatic heterocycles. The molecule has 200 valence electrons. The van der Waals surface area contributed by atoms with Crippen LogP contribution in [0.4, 0.5) is 0 Å². The molecule has 9 heteroatoms. The van der Waals surface area contributed by atoms with Gasteiger partial charge in [0.15, 0.2) is 0 Å². The number of hydrogen-bond donors (Lipinski definition) is 4. The minimum Gasteiger partial charge on any atom is -0.353 e. The molecular weight excluding hydrogens is 470 g/mol. The minimum absolute atomic E-state index is 0.00817. The van der Waals surface area contributed by atoms with E-state index in [-0.39, 0.29) is 49.2 Å². The largest absolute Gasteiger partial charge is 0.353 e. The molecule has 1 saturated heterocycles. The summed E-state index contributed by atoms with van der Waals surface area (Å²) in [5.74, 6) is -1.06. The fourth-order valence-electron chi connectivity index (χ4n) is 4.84. The Morgan fingerprint density at radius 1 is 1.00 bits per heavy atom. The molecule has 1 aliphatic rings. The lowest BCUT2D eigenvalue weighted by Gasteiger charge is -2.29. The van der Waals surface area contributed by atoms with Crippen LogP contribution < -0.4 is 21.7 Å². The molecule has 4 amide bonds. The second-order valence-electron chi connectivity index (χ2n) is 9.49. The van der Waals surface area contributed by atoms with Gasteiger partial charge in [0, 0.05) is 32.0 Å². The summed E-state index contributed by atoms with van der Waals surface area (Å²) in [4.78, 5) is 52.6. The van der Waals surface area contributed by atoms with E-state index in [1.54, 1.807) is 4.90 Å². The SMILES string of the molecule is CCC(CC)C(=O)N1CCCC1C(=O)N[C@H](Cc1ccc2ccccc2c1)C(=O)NCCNC(=O)CN. The van der Waals surface area contributed by atoms with Gasteiger partial charge in [0.1, 0.15) is 12.1 Å². The molecule has 1 heterocycles. The average Bonchev–Trinajstić information content (AvgIpc) is 3.41. The number of carbonyl (C=O) groups is 4. The molecule has 2 atom stereocenters. The third-order valence-electron chi connectivity index (χ3n) is 6.99. The summed E-state index contributed by atoms with van der Waals surface area (Å²) >= 11 is 0. The Hall–Kier alpha value is -3.46. The van der Waals surface area contributed by atoms with Crippen molar-refractivity contribution in [3.63, 3.8) is 0 Å². The summed E-state index contributed by atoms with van der Waals surface area (Å²) in [6, 6.07) is 12.5. The Balaban J connectivity index is 1.74. The smallest absolute Gasteiger partial charge is 0.243 e. The summed E-state index contributed by atoms with van der Waals surface area (Å²) in [6.07, 6.45) is 3.09. The first-order valence-corrected chi connectivity index (χ1v) is 13.2. The third kappa shape index (κ3) is 7.52. The maximum atomic E-state index is 13.4. The van der Waals surface area contributed by atoms with Crippen LogP contribution in [0, 0.1) is 5.92 Å². The Bertz CT molecular complexity index is 1100. The molecule has 2 aromatic rings. The van der Waals surface area contributed by atoms with Crippen LogP contribution in [0.15, 0.2) is 42.5 Å². The first-order valence-electron chi connectivity index (χ1n) is 13.2. The number of amides is 4. The quantitative estimate of drug-likeness (QED) is 0.322. The topological polar surface area (TPSA) is 134 Å². The van der Waals surface area contributed by atoms with Gasteiger partial charge in [0.05, 0.1) is 6.54 Å². The number of benzene rings is 2. The fourth-order valence-corrected chi connectivity index (χ4v) is 4.84. The van der Waals surface area contributed by atoms with E-state index in [2.05, 4.69) is 16.0 Å². The molecule has 0 aliphatic carbocycles. The van der Waals surface area contributed by atoms with E-state index in [0.29, 0.717) is 19.4 Å². The maximum absolute atomic E-state index is 13.4. The van der Waals surface area contributed by atoms with Crippen LogP contribution >= 0.6 is 0 Å². The predicted octanol–water partition coefficient (Wildman–Crippen LogP) is 1.49. The number of likely N-dealkylation sites (tertiary alicyclic amines) is 1. The Morgan fingerprint density at radius 3 is 2.41 bits per heavy atom. The normalized spacial score (nSPS) is 16.0. The number of nitrogens with zero attached hydrogens (tertiary/aromatic N) is 1. The zero-order valence-electron chi connectivity index (χ0n) is 21.8. The molecule has 0 radical (unpaired) electrons. The Morgan fingerprint density at radius 2 is 1.70 bits per heavy atom. The van der Waals surface area contributed by atoms with Crippen LogP contribution in [-0.4, -0.2) is 66.8 Å². The van der Waals surface area contributed by atoms with Gasteiger partial charge in [0.25, 0.3) is 0 Å². The second-order valence-corrected chi connectivity index (χ2v) is 9.49. The molecule has 3 rings (SSSR count). The summed E-state index contributed by atoms with van der Waals surface area (Å²) in [6.45, 7) is 4.84. The molecule has 9 nitrogen and oxygen atoms in total. The van der Waals surface area contributed by atoms with E-state index in [4.69, 9.17) is 5.73 Å². The van der Waals surface area contributed by atoms with Crippen molar-refractivity contribution < 1.29 is 19.2 Å². The summed E-state index contributed by atoms with van der Waals surface area (Å²) < 4.78 is 0. The van der Waals surface area contributed by atoms with Crippen LogP contribution in [0.2, 0.25) is 0 Å². The minimum atomic E-state index is -0.829. The maximum Gasteiger partial charge on any atom is 0.243 e.